The van der Waals surface area contributed by atoms with E-state index < -0.39 is 0 Å². The van der Waals surface area contributed by atoms with Gasteiger partial charge in [0.15, 0.2) is 0 Å². The average molecular weight is 221 g/mol. The molecule has 0 saturated carbocycles. The van der Waals surface area contributed by atoms with Crippen LogP contribution in [0.2, 0.25) is 0 Å². The molecule has 1 atom stereocenters. The summed E-state index contributed by atoms with van der Waals surface area (Å²) in [7, 11) is 2.11. The summed E-state index contributed by atoms with van der Waals surface area (Å²) in [5, 5.41) is 3.67. The Kier molecular flexibility index (Phi) is 4.02. The maximum Gasteiger partial charge on any atom is 0.0362 e. The molecule has 1 aromatic rings. The standard InChI is InChI=1S/C13H23N3/c1-3-16-9-4-6-12(11-16)14-10-13-7-5-8-15(13)2/h5,7-8,12,14H,3-4,6,9-11H2,1-2H3. The van der Waals surface area contributed by atoms with Gasteiger partial charge in [-0.1, -0.05) is 6.92 Å². The molecule has 1 saturated heterocycles. The van der Waals surface area contributed by atoms with Gasteiger partial charge in [0.2, 0.25) is 0 Å². The highest BCUT2D eigenvalue weighted by Crippen LogP contribution is 2.10. The number of hydrogen-bond donors (Lipinski definition) is 1. The first-order chi connectivity index (χ1) is 7.79. The summed E-state index contributed by atoms with van der Waals surface area (Å²) in [5.74, 6) is 0. The number of likely N-dealkylation sites (tertiary alicyclic amines) is 1. The number of hydrogen-bond acceptors (Lipinski definition) is 2. The third kappa shape index (κ3) is 2.86. The Balaban J connectivity index is 1.79. The number of nitrogens with zero attached hydrogens (tertiary/aromatic N) is 2. The van der Waals surface area contributed by atoms with Crippen molar-refractivity contribution in [1.29, 1.82) is 0 Å². The van der Waals surface area contributed by atoms with Crippen molar-refractivity contribution < 1.29 is 0 Å². The van der Waals surface area contributed by atoms with Crippen LogP contribution in [0.5, 0.6) is 0 Å². The Morgan fingerprint density at radius 1 is 1.50 bits per heavy atom. The third-order valence-corrected chi connectivity index (χ3v) is 3.58. The van der Waals surface area contributed by atoms with Crippen LogP contribution >= 0.6 is 0 Å². The number of aryl methyl sites for hydroxylation is 1. The summed E-state index contributed by atoms with van der Waals surface area (Å²) >= 11 is 0. The predicted molar refractivity (Wildman–Crippen MR) is 67.4 cm³/mol. The van der Waals surface area contributed by atoms with Gasteiger partial charge in [-0.2, -0.15) is 0 Å². The van der Waals surface area contributed by atoms with E-state index in [1.165, 1.54) is 38.2 Å². The number of nitrogens with one attached hydrogen (secondary N) is 1. The van der Waals surface area contributed by atoms with Crippen LogP contribution in [0.4, 0.5) is 0 Å². The predicted octanol–water partition coefficient (Wildman–Crippen LogP) is 1.60. The summed E-state index contributed by atoms with van der Waals surface area (Å²) in [4.78, 5) is 2.53. The van der Waals surface area contributed by atoms with E-state index in [2.05, 4.69) is 47.1 Å². The minimum absolute atomic E-state index is 0.670. The second kappa shape index (κ2) is 5.51. The zero-order valence-electron chi connectivity index (χ0n) is 10.4. The molecule has 2 heterocycles. The maximum absolute atomic E-state index is 3.67. The van der Waals surface area contributed by atoms with Crippen LogP contribution in [0.3, 0.4) is 0 Å². The zero-order valence-corrected chi connectivity index (χ0v) is 10.4. The first-order valence-electron chi connectivity index (χ1n) is 6.35. The number of piperidine rings is 1. The number of aromatic nitrogens is 1. The van der Waals surface area contributed by atoms with Gasteiger partial charge in [-0.15, -0.1) is 0 Å². The molecule has 0 radical (unpaired) electrons. The van der Waals surface area contributed by atoms with Gasteiger partial charge in [-0.25, -0.2) is 0 Å². The van der Waals surface area contributed by atoms with E-state index in [1.54, 1.807) is 0 Å². The Bertz CT molecular complexity index is 319. The van der Waals surface area contributed by atoms with Gasteiger partial charge in [-0.3, -0.25) is 0 Å². The summed E-state index contributed by atoms with van der Waals surface area (Å²) in [5.41, 5.74) is 1.37. The molecule has 1 aromatic heterocycles. The van der Waals surface area contributed by atoms with Gasteiger partial charge in [-0.05, 0) is 38.1 Å². The van der Waals surface area contributed by atoms with E-state index in [0.717, 1.165) is 6.54 Å². The van der Waals surface area contributed by atoms with Crippen molar-refractivity contribution >= 4 is 0 Å². The minimum Gasteiger partial charge on any atom is -0.353 e. The van der Waals surface area contributed by atoms with Gasteiger partial charge < -0.3 is 14.8 Å². The molecule has 3 nitrogen and oxygen atoms in total. The molecule has 0 spiro atoms. The van der Waals surface area contributed by atoms with E-state index in [-0.39, 0.29) is 0 Å². The van der Waals surface area contributed by atoms with Gasteiger partial charge in [0.25, 0.3) is 0 Å². The molecule has 1 aliphatic heterocycles. The molecule has 0 bridgehead atoms. The molecule has 1 unspecified atom stereocenters. The summed E-state index contributed by atoms with van der Waals surface area (Å²) in [6, 6.07) is 4.97. The van der Waals surface area contributed by atoms with E-state index >= 15 is 0 Å². The molecule has 0 aliphatic carbocycles. The van der Waals surface area contributed by atoms with Gasteiger partial charge in [0.05, 0.1) is 0 Å². The average Bonchev–Trinajstić information content (AvgIpc) is 2.72. The summed E-state index contributed by atoms with van der Waals surface area (Å²) in [6.45, 7) is 6.91. The molecule has 3 heteroatoms. The highest BCUT2D eigenvalue weighted by molar-refractivity contribution is 5.06. The molecule has 2 rings (SSSR count). The smallest absolute Gasteiger partial charge is 0.0362 e. The van der Waals surface area contributed by atoms with Crippen molar-refractivity contribution in [3.63, 3.8) is 0 Å². The molecule has 90 valence electrons. The molecule has 1 N–H and O–H groups in total. The first kappa shape index (κ1) is 11.7. The van der Waals surface area contributed by atoms with Crippen LogP contribution in [0.1, 0.15) is 25.5 Å². The molecule has 1 fully saturated rings. The largest absolute Gasteiger partial charge is 0.353 e. The van der Waals surface area contributed by atoms with Crippen molar-refractivity contribution in [1.82, 2.24) is 14.8 Å². The first-order valence-corrected chi connectivity index (χ1v) is 6.35. The van der Waals surface area contributed by atoms with E-state index in [1.807, 2.05) is 0 Å². The van der Waals surface area contributed by atoms with E-state index in [4.69, 9.17) is 0 Å². The van der Waals surface area contributed by atoms with Gasteiger partial charge >= 0.3 is 0 Å². The highest BCUT2D eigenvalue weighted by Gasteiger charge is 2.17. The Labute approximate surface area is 98.4 Å². The van der Waals surface area contributed by atoms with Gasteiger partial charge in [0, 0.05) is 38.1 Å². The van der Waals surface area contributed by atoms with Crippen LogP contribution in [0.25, 0.3) is 0 Å². The topological polar surface area (TPSA) is 20.2 Å². The lowest BCUT2D eigenvalue weighted by Crippen LogP contribution is -2.45. The van der Waals surface area contributed by atoms with E-state index in [9.17, 15) is 0 Å². The lowest BCUT2D eigenvalue weighted by molar-refractivity contribution is 0.198. The van der Waals surface area contributed by atoms with Crippen LogP contribution < -0.4 is 5.32 Å². The van der Waals surface area contributed by atoms with Crippen LogP contribution in [0.15, 0.2) is 18.3 Å². The monoisotopic (exact) mass is 221 g/mol. The SMILES string of the molecule is CCN1CCCC(NCc2cccn2C)C1. The Morgan fingerprint density at radius 3 is 3.06 bits per heavy atom. The minimum atomic E-state index is 0.670. The zero-order chi connectivity index (χ0) is 11.4. The van der Waals surface area contributed by atoms with Crippen molar-refractivity contribution in [3.8, 4) is 0 Å². The summed E-state index contributed by atoms with van der Waals surface area (Å²) in [6.07, 6.45) is 4.76. The van der Waals surface area contributed by atoms with Crippen molar-refractivity contribution in [3.05, 3.63) is 24.0 Å². The summed E-state index contributed by atoms with van der Waals surface area (Å²) < 4.78 is 2.19. The molecular weight excluding hydrogens is 198 g/mol. The van der Waals surface area contributed by atoms with Crippen LogP contribution in [-0.4, -0.2) is 35.1 Å². The second-order valence-corrected chi connectivity index (χ2v) is 4.72. The fourth-order valence-electron chi connectivity index (χ4n) is 2.44. The number of likely N-dealkylation sites (N-methyl/N-ethyl adjacent to an activating group) is 1. The molecule has 1 aliphatic rings. The molecular formula is C13H23N3. The quantitative estimate of drug-likeness (QED) is 0.833. The second-order valence-electron chi connectivity index (χ2n) is 4.72. The van der Waals surface area contributed by atoms with Crippen molar-refractivity contribution in [2.24, 2.45) is 7.05 Å². The van der Waals surface area contributed by atoms with Gasteiger partial charge in [0.1, 0.15) is 0 Å². The van der Waals surface area contributed by atoms with Crippen LogP contribution in [0, 0.1) is 0 Å². The Hall–Kier alpha value is -0.800. The maximum atomic E-state index is 3.67. The van der Waals surface area contributed by atoms with E-state index in [0.29, 0.717) is 6.04 Å². The van der Waals surface area contributed by atoms with Crippen molar-refractivity contribution in [2.45, 2.75) is 32.4 Å². The van der Waals surface area contributed by atoms with Crippen molar-refractivity contribution in [2.75, 3.05) is 19.6 Å². The molecule has 0 aromatic carbocycles. The lowest BCUT2D eigenvalue weighted by atomic mass is 10.1. The third-order valence-electron chi connectivity index (χ3n) is 3.58. The van der Waals surface area contributed by atoms with Crippen LogP contribution in [-0.2, 0) is 13.6 Å². The lowest BCUT2D eigenvalue weighted by Gasteiger charge is -2.32. The molecule has 0 amide bonds. The number of rotatable bonds is 4. The fraction of sp³-hybridized carbons (Fsp3) is 0.692. The normalized spacial score (nSPS) is 22.5. The molecule has 16 heavy (non-hydrogen) atoms. The fourth-order valence-corrected chi connectivity index (χ4v) is 2.44. The Morgan fingerprint density at radius 2 is 2.38 bits per heavy atom. The highest BCUT2D eigenvalue weighted by atomic mass is 15.2.